The van der Waals surface area contributed by atoms with Gasteiger partial charge in [-0.25, -0.2) is 4.99 Å². The van der Waals surface area contributed by atoms with Crippen molar-refractivity contribution in [3.8, 4) is 0 Å². The fourth-order valence-electron chi connectivity index (χ4n) is 2.70. The van der Waals surface area contributed by atoms with E-state index in [0.29, 0.717) is 0 Å². The molecule has 0 spiro atoms. The van der Waals surface area contributed by atoms with Gasteiger partial charge < -0.3 is 4.57 Å². The molecule has 22 heavy (non-hydrogen) atoms. The molecule has 1 aliphatic heterocycles. The Balaban J connectivity index is 0.00000144. The first-order chi connectivity index (χ1) is 10.4. The van der Waals surface area contributed by atoms with Crippen LogP contribution in [0.2, 0.25) is 0 Å². The topological polar surface area (TPSA) is 17.3 Å². The molecule has 0 fully saturated rings. The minimum atomic E-state index is 0. The quantitative estimate of drug-likeness (QED) is 0.440. The molecule has 4 rings (SSSR count). The van der Waals surface area contributed by atoms with Crippen molar-refractivity contribution in [2.75, 3.05) is 0 Å². The SMILES string of the molecule is [Ir].[c-]1cccc2c3ccccc3n(C3=N/C=C\C=C/C=C\3)c12. The van der Waals surface area contributed by atoms with Crippen molar-refractivity contribution in [2.24, 2.45) is 4.99 Å². The van der Waals surface area contributed by atoms with Crippen molar-refractivity contribution in [2.45, 2.75) is 0 Å². The van der Waals surface area contributed by atoms with Gasteiger partial charge in [0.2, 0.25) is 0 Å². The Morgan fingerprint density at radius 2 is 1.68 bits per heavy atom. The summed E-state index contributed by atoms with van der Waals surface area (Å²) in [5.41, 5.74) is 2.20. The predicted molar refractivity (Wildman–Crippen MR) is 88.5 cm³/mol. The molecule has 1 radical (unpaired) electrons. The first-order valence-electron chi connectivity index (χ1n) is 6.93. The van der Waals surface area contributed by atoms with Gasteiger partial charge in [-0.2, -0.15) is 24.3 Å². The second-order valence-corrected chi connectivity index (χ2v) is 4.86. The van der Waals surface area contributed by atoms with Crippen molar-refractivity contribution < 1.29 is 20.1 Å². The van der Waals surface area contributed by atoms with Crippen molar-refractivity contribution in [1.29, 1.82) is 0 Å². The molecule has 2 nitrogen and oxygen atoms in total. The summed E-state index contributed by atoms with van der Waals surface area (Å²) >= 11 is 0. The molecule has 0 N–H and O–H groups in total. The normalized spacial score (nSPS) is 20.5. The molecule has 0 aliphatic carbocycles. The number of benzene rings is 2. The van der Waals surface area contributed by atoms with Gasteiger partial charge in [-0.15, -0.1) is 5.39 Å². The molecule has 109 valence electrons. The van der Waals surface area contributed by atoms with Gasteiger partial charge >= 0.3 is 0 Å². The van der Waals surface area contributed by atoms with Gasteiger partial charge in [0.15, 0.2) is 0 Å². The van der Waals surface area contributed by atoms with E-state index in [0.717, 1.165) is 16.9 Å². The smallest absolute Gasteiger partial charge is 0.135 e. The number of hydrogen-bond acceptors (Lipinski definition) is 1. The third-order valence-electron chi connectivity index (χ3n) is 3.59. The number of fused-ring (bicyclic) bond motifs is 3. The Kier molecular flexibility index (Phi) is 4.19. The average Bonchev–Trinajstić information content (AvgIpc) is 2.82. The van der Waals surface area contributed by atoms with Crippen LogP contribution < -0.4 is 0 Å². The van der Waals surface area contributed by atoms with Crippen molar-refractivity contribution in [3.05, 3.63) is 85.1 Å². The molecular weight excluding hydrogens is 448 g/mol. The summed E-state index contributed by atoms with van der Waals surface area (Å²) in [6, 6.07) is 17.8. The first kappa shape index (κ1) is 14.7. The number of nitrogens with zero attached hydrogens (tertiary/aromatic N) is 2. The molecule has 0 amide bonds. The summed E-state index contributed by atoms with van der Waals surface area (Å²) in [5.74, 6) is 0.893. The first-order valence-corrected chi connectivity index (χ1v) is 6.93. The standard InChI is InChI=1S/C19H13N2.Ir/c1-2-8-14-20-19(13-3-1)21-17-11-6-4-9-15(17)16-10-5-7-12-18(16)21;/h1-11,13-14H;/q-1;/b2-1-,3-1?,8-2?,13-3-,14-8-,19-13?,20-14?,20-19+;. The van der Waals surface area contributed by atoms with Crippen LogP contribution >= 0.6 is 0 Å². The molecule has 2 heterocycles. The molecule has 0 bridgehead atoms. The van der Waals surface area contributed by atoms with Crippen LogP contribution in [0.25, 0.3) is 21.8 Å². The minimum absolute atomic E-state index is 0. The Morgan fingerprint density at radius 1 is 0.864 bits per heavy atom. The molecule has 0 saturated carbocycles. The van der Waals surface area contributed by atoms with Crippen LogP contribution in [0.1, 0.15) is 0 Å². The number of hydrogen-bond donors (Lipinski definition) is 0. The van der Waals surface area contributed by atoms with Gasteiger partial charge in [-0.1, -0.05) is 41.9 Å². The van der Waals surface area contributed by atoms with E-state index in [1.807, 2.05) is 48.7 Å². The molecule has 0 atom stereocenters. The van der Waals surface area contributed by atoms with Crippen molar-refractivity contribution in [1.82, 2.24) is 4.57 Å². The predicted octanol–water partition coefficient (Wildman–Crippen LogP) is 4.48. The zero-order valence-electron chi connectivity index (χ0n) is 11.7. The number of aromatic nitrogens is 1. The van der Waals surface area contributed by atoms with Gasteiger partial charge in [0, 0.05) is 31.8 Å². The van der Waals surface area contributed by atoms with Crippen LogP contribution in [0.4, 0.5) is 0 Å². The van der Waals surface area contributed by atoms with Gasteiger partial charge in [-0.3, -0.25) is 0 Å². The van der Waals surface area contributed by atoms with E-state index in [2.05, 4.69) is 46.0 Å². The number of allylic oxidation sites excluding steroid dienone is 5. The molecule has 1 aromatic heterocycles. The van der Waals surface area contributed by atoms with E-state index < -0.39 is 0 Å². The zero-order valence-corrected chi connectivity index (χ0v) is 14.1. The maximum Gasteiger partial charge on any atom is 0.135 e. The molecule has 2 aromatic carbocycles. The Bertz CT molecular complexity index is 889. The molecule has 3 heteroatoms. The summed E-state index contributed by atoms with van der Waals surface area (Å²) in [7, 11) is 0. The number of para-hydroxylation sites is 2. The third kappa shape index (κ3) is 2.39. The van der Waals surface area contributed by atoms with E-state index in [1.54, 1.807) is 0 Å². The number of aliphatic imine (C=N–C) groups is 1. The minimum Gasteiger partial charge on any atom is -0.319 e. The van der Waals surface area contributed by atoms with E-state index in [-0.39, 0.29) is 20.1 Å². The van der Waals surface area contributed by atoms with Crippen LogP contribution in [0.5, 0.6) is 0 Å². The number of rotatable bonds is 0. The van der Waals surface area contributed by atoms with Crippen LogP contribution in [-0.4, -0.2) is 10.4 Å². The second kappa shape index (κ2) is 6.27. The summed E-state index contributed by atoms with van der Waals surface area (Å²) in [4.78, 5) is 4.57. The maximum atomic E-state index is 4.57. The molecule has 3 aromatic rings. The molecule has 0 saturated heterocycles. The largest absolute Gasteiger partial charge is 0.319 e. The second-order valence-electron chi connectivity index (χ2n) is 4.86. The fourth-order valence-corrected chi connectivity index (χ4v) is 2.70. The Hall–Kier alpha value is -2.22. The Morgan fingerprint density at radius 3 is 2.64 bits per heavy atom. The van der Waals surface area contributed by atoms with Crippen LogP contribution in [0.15, 0.2) is 84.0 Å². The maximum absolute atomic E-state index is 4.57. The molecule has 0 unspecified atom stereocenters. The third-order valence-corrected chi connectivity index (χ3v) is 3.59. The fraction of sp³-hybridized carbons (Fsp3) is 0. The van der Waals surface area contributed by atoms with Gasteiger partial charge in [-0.05, 0) is 23.6 Å². The van der Waals surface area contributed by atoms with Gasteiger partial charge in [0.05, 0.1) is 0 Å². The summed E-state index contributed by atoms with van der Waals surface area (Å²) < 4.78 is 2.16. The Labute approximate surface area is 142 Å². The molecular formula is C19H13IrN2-. The van der Waals surface area contributed by atoms with Gasteiger partial charge in [0.1, 0.15) is 5.84 Å². The summed E-state index contributed by atoms with van der Waals surface area (Å²) in [6.45, 7) is 0. The van der Waals surface area contributed by atoms with E-state index in [9.17, 15) is 0 Å². The van der Waals surface area contributed by atoms with E-state index in [1.165, 1.54) is 10.8 Å². The van der Waals surface area contributed by atoms with Gasteiger partial charge in [0.25, 0.3) is 0 Å². The van der Waals surface area contributed by atoms with E-state index in [4.69, 9.17) is 0 Å². The zero-order chi connectivity index (χ0) is 14.1. The summed E-state index contributed by atoms with van der Waals surface area (Å²) in [6.07, 6.45) is 11.7. The van der Waals surface area contributed by atoms with Crippen LogP contribution in [0.3, 0.4) is 0 Å². The van der Waals surface area contributed by atoms with Crippen LogP contribution in [0, 0.1) is 6.07 Å². The molecule has 1 aliphatic rings. The van der Waals surface area contributed by atoms with Crippen molar-refractivity contribution in [3.63, 3.8) is 0 Å². The average molecular weight is 462 g/mol. The van der Waals surface area contributed by atoms with Crippen LogP contribution in [-0.2, 0) is 20.1 Å². The van der Waals surface area contributed by atoms with Crippen molar-refractivity contribution >= 4 is 27.6 Å². The monoisotopic (exact) mass is 462 g/mol. The van der Waals surface area contributed by atoms with E-state index >= 15 is 0 Å². The summed E-state index contributed by atoms with van der Waals surface area (Å²) in [5, 5.41) is 2.42.